The Morgan fingerprint density at radius 3 is 1.06 bits per heavy atom. The molecule has 57 heteroatoms. The number of unbranched alkanes of at least 4 members (excludes halogenated alkanes) is 2. The van der Waals surface area contributed by atoms with Crippen molar-refractivity contribution >= 4 is 103 Å². The van der Waals surface area contributed by atoms with E-state index < -0.39 is 227 Å². The van der Waals surface area contributed by atoms with Gasteiger partial charge in [-0.25, -0.2) is 26.3 Å². The van der Waals surface area contributed by atoms with Crippen LogP contribution in [-0.4, -0.2) is 330 Å². The van der Waals surface area contributed by atoms with Crippen LogP contribution in [0.2, 0.25) is 39.3 Å². The van der Waals surface area contributed by atoms with Gasteiger partial charge in [0.15, 0.2) is 49.6 Å². The van der Waals surface area contributed by atoms with E-state index in [4.69, 9.17) is 81.4 Å². The molecule has 0 bridgehead atoms. The maximum absolute atomic E-state index is 12.6. The Morgan fingerprint density at radius 2 is 0.816 bits per heavy atom. The van der Waals surface area contributed by atoms with Gasteiger partial charge in [0, 0.05) is 47.0 Å². The van der Waals surface area contributed by atoms with Crippen LogP contribution in [0.3, 0.4) is 0 Å². The van der Waals surface area contributed by atoms with E-state index >= 15 is 0 Å². The molecule has 4 fully saturated rings. The molecular weight excluding hydrogens is 1610 g/mol. The molecule has 609 valence electrons. The van der Waals surface area contributed by atoms with E-state index in [0.717, 1.165) is 86.1 Å². The Kier molecular flexibility index (Phi) is 43.6. The summed E-state index contributed by atoms with van der Waals surface area (Å²) in [6, 6.07) is -4.15. The number of nitrogens with one attached hydrogen (secondary N) is 2. The maximum atomic E-state index is 12.6. The van der Waals surface area contributed by atoms with Gasteiger partial charge >= 0.3 is 74.1 Å². The number of aliphatic hydroxyl groups excluding tert-OH is 4. The number of aliphatic carboxylic acids is 2. The largest absolute Gasteiger partial charge is 0.479 e. The molecule has 4 rings (SSSR count). The van der Waals surface area contributed by atoms with E-state index in [-0.39, 0.29) is 30.6 Å². The summed E-state index contributed by atoms with van der Waals surface area (Å²) in [5, 5.41) is 62.7. The number of carboxylic acids is 2. The minimum absolute atomic E-state index is 0. The summed E-state index contributed by atoms with van der Waals surface area (Å²) in [6.07, 6.45) is -29.6. The first-order valence-corrected chi connectivity index (χ1v) is 44.8. The predicted octanol–water partition coefficient (Wildman–Crippen LogP) is -8.73. The van der Waals surface area contributed by atoms with Crippen molar-refractivity contribution < 1.29 is 215 Å². The molecule has 4 saturated heterocycles. The van der Waals surface area contributed by atoms with Crippen LogP contribution in [0.25, 0.3) is 0 Å². The third-order valence-corrected chi connectivity index (χ3v) is 22.0. The molecule has 21 N–H and O–H groups in total. The Balaban J connectivity index is 0.00000161. The maximum Gasteiger partial charge on any atom is 0.397 e. The molecule has 12 unspecified atom stereocenters. The molecule has 0 aromatic rings. The number of ether oxygens (including phenoxy) is 10. The molecule has 0 aromatic heterocycles. The molecule has 4 heterocycles. The summed E-state index contributed by atoms with van der Waals surface area (Å²) in [6.45, 7) is 8.47. The number of carboxylic acid groups (broad SMARTS) is 2. The van der Waals surface area contributed by atoms with Crippen molar-refractivity contribution in [1.82, 2.24) is 9.44 Å². The third-order valence-electron chi connectivity index (χ3n) is 13.4. The van der Waals surface area contributed by atoms with Gasteiger partial charge in [-0.15, -0.1) is 0 Å². The van der Waals surface area contributed by atoms with Crippen molar-refractivity contribution in [1.29, 1.82) is 0 Å². The van der Waals surface area contributed by atoms with Crippen molar-refractivity contribution in [3.05, 3.63) is 0 Å². The standard InChI is InChI=1S/2C17H33NO20S3Si.2C6H14N2O.V/c2*1-31-12-10(20)13(37-41(28,29)30)17(36-14(12)15(21)22)35-11-7(6-33-40(25,26)27)34-16(32-2)8(9(11)19)18-39(23,24)38-42(3,4)5;2*7-4-2-1-3-6(8)5-9;/h2*7-14,16-20H,6H2,1-5H3,(H,21,22)(H,25,26,27)(H,28,29,30);2*5-6H,1-4,7-8H2;/p+1/t2*7-,8?,9-,10+,11?,12?,13?,14+,16+,17?;;;/m11.../s1. The molecule has 0 aliphatic carbocycles. The monoisotopic (exact) mass is 1700 g/mol. The van der Waals surface area contributed by atoms with Crippen LogP contribution in [0.15, 0.2) is 0 Å². The van der Waals surface area contributed by atoms with Gasteiger partial charge in [0.05, 0.1) is 31.8 Å². The Labute approximate surface area is 608 Å². The van der Waals surface area contributed by atoms with Gasteiger partial charge < -0.3 is 118 Å². The van der Waals surface area contributed by atoms with Crippen molar-refractivity contribution in [3.63, 3.8) is 0 Å². The third kappa shape index (κ3) is 37.4. The molecule has 4 aliphatic rings. The van der Waals surface area contributed by atoms with Gasteiger partial charge in [0.1, 0.15) is 85.7 Å². The first-order valence-electron chi connectivity index (χ1n) is 29.7. The Morgan fingerprint density at radius 1 is 0.495 bits per heavy atom. The zero-order valence-corrected chi connectivity index (χ0v) is 65.1. The fraction of sp³-hybridized carbons (Fsp3) is 0.913. The summed E-state index contributed by atoms with van der Waals surface area (Å²) < 4.78 is 262. The molecular formula is C46H95N6O42S6Si2V+. The minimum atomic E-state index is -5.40. The topological polar surface area (TPSA) is 753 Å². The average molecular weight is 1700 g/mol. The number of aliphatic hydroxyl groups is 4. The molecule has 0 spiro atoms. The first kappa shape index (κ1) is 101. The van der Waals surface area contributed by atoms with Crippen molar-refractivity contribution in [2.45, 2.75) is 213 Å². The van der Waals surface area contributed by atoms with Gasteiger partial charge in [-0.1, -0.05) is 6.42 Å². The van der Waals surface area contributed by atoms with Crippen LogP contribution in [0.5, 0.6) is 0 Å². The number of rotatable bonds is 38. The molecule has 0 amide bonds. The average Bonchev–Trinajstić information content (AvgIpc) is 0.774. The van der Waals surface area contributed by atoms with Crippen LogP contribution >= 0.6 is 0 Å². The van der Waals surface area contributed by atoms with Crippen molar-refractivity contribution in [2.75, 3.05) is 54.7 Å². The first-order chi connectivity index (χ1) is 46.6. The van der Waals surface area contributed by atoms with Gasteiger partial charge in [0.25, 0.3) is 0 Å². The van der Waals surface area contributed by atoms with Crippen LogP contribution in [0, 0.1) is 0 Å². The van der Waals surface area contributed by atoms with E-state index in [1.54, 1.807) is 0 Å². The number of aldehydes is 2. The molecule has 4 aliphatic heterocycles. The van der Waals surface area contributed by atoms with Crippen molar-refractivity contribution in [3.8, 4) is 0 Å². The Bertz CT molecular complexity index is 3090. The smallest absolute Gasteiger partial charge is 0.397 e. The van der Waals surface area contributed by atoms with Crippen LogP contribution in [0.1, 0.15) is 38.5 Å². The van der Waals surface area contributed by atoms with Gasteiger partial charge in [-0.3, -0.25) is 18.2 Å². The van der Waals surface area contributed by atoms with E-state index in [1.807, 2.05) is 9.44 Å². The molecule has 48 nitrogen and oxygen atoms in total. The van der Waals surface area contributed by atoms with Gasteiger partial charge in [0.2, 0.25) is 16.6 Å². The summed E-state index contributed by atoms with van der Waals surface area (Å²) >= 11 is 0. The second kappa shape index (κ2) is 44.6. The van der Waals surface area contributed by atoms with E-state index in [1.165, 1.54) is 39.3 Å². The number of nitrogens with two attached hydrogens (primary N) is 3. The zero-order chi connectivity index (χ0) is 79.1. The Hall–Kier alpha value is -2.20. The zero-order valence-electron chi connectivity index (χ0n) is 56.8. The van der Waals surface area contributed by atoms with Crippen molar-refractivity contribution in [2.24, 2.45) is 17.2 Å². The number of hydrogen-bond acceptors (Lipinski definition) is 39. The van der Waals surface area contributed by atoms with Crippen LogP contribution in [-0.2, 0) is 172 Å². The number of quaternary nitrogens is 1. The van der Waals surface area contributed by atoms with Crippen LogP contribution < -0.4 is 32.4 Å². The normalized spacial score (nSPS) is 31.0. The van der Waals surface area contributed by atoms with E-state index in [2.05, 4.69) is 22.5 Å². The molecule has 22 atom stereocenters. The van der Waals surface area contributed by atoms with Crippen LogP contribution in [0.4, 0.5) is 0 Å². The summed E-state index contributed by atoms with van der Waals surface area (Å²) in [5.74, 6) is -3.50. The quantitative estimate of drug-likeness (QED) is 0.0118. The molecule has 1 radical (unpaired) electrons. The fourth-order valence-electron chi connectivity index (χ4n) is 9.25. The minimum Gasteiger partial charge on any atom is -0.479 e. The van der Waals surface area contributed by atoms with E-state index in [9.17, 15) is 109 Å². The predicted molar refractivity (Wildman–Crippen MR) is 340 cm³/mol. The summed E-state index contributed by atoms with van der Waals surface area (Å²) in [5.41, 5.74) is 19.5. The van der Waals surface area contributed by atoms with E-state index in [0.29, 0.717) is 6.54 Å². The molecule has 103 heavy (non-hydrogen) atoms. The SMILES string of the molecule is COC1[C@H](O)C(OS(=O)(=O)O)C(OC2[C@H](O)C(NS(=O)(=O)O[Si](C)(C)C)[C@@H](OC)O[C@@H]2COS(=O)(=O)O)O[C@@H]1C(=O)O.COC1[C@H](O)C(OS(=O)(=O)O)C(OC2[C@H](O)C(NS(=O)(=O)O[Si](C)(C)C)[C@@H](OC)O[C@@H]2COS(=O)(=O)O)O[C@@H]1C(=O)O.NC(C=O)CCCC[NH3+].NCCCCC(N)C=O.[V]. The van der Waals surface area contributed by atoms with Gasteiger partial charge in [-0.2, -0.15) is 60.0 Å². The second-order valence-corrected chi connectivity index (χ2v) is 40.2. The summed E-state index contributed by atoms with van der Waals surface area (Å²) in [7, 11) is -32.0. The number of carbonyl (C=O) groups excluding carboxylic acids is 2. The number of carbonyl (C=O) groups is 4. The second-order valence-electron chi connectivity index (χ2n) is 23.9. The molecule has 0 saturated carbocycles. The molecule has 0 aromatic carbocycles. The summed E-state index contributed by atoms with van der Waals surface area (Å²) in [4.78, 5) is 43.4. The number of hydrogen-bond donors (Lipinski definition) is 16. The number of methoxy groups -OCH3 is 4. The van der Waals surface area contributed by atoms with Gasteiger partial charge in [-0.05, 0) is 77.9 Å². The fourth-order valence-corrected chi connectivity index (χ4v) is 17.7.